The molecule has 1 fully saturated rings. The summed E-state index contributed by atoms with van der Waals surface area (Å²) in [5.74, 6) is 1.28. The summed E-state index contributed by atoms with van der Waals surface area (Å²) in [6.45, 7) is 2.35. The smallest absolute Gasteiger partial charge is 0.240 e. The van der Waals surface area contributed by atoms with Gasteiger partial charge >= 0.3 is 0 Å². The Kier molecular flexibility index (Phi) is 2.27. The van der Waals surface area contributed by atoms with Crippen LogP contribution in [-0.4, -0.2) is 35.1 Å². The fourth-order valence-corrected chi connectivity index (χ4v) is 2.57. The number of ether oxygens (including phenoxy) is 1. The van der Waals surface area contributed by atoms with Gasteiger partial charge in [-0.05, 0) is 18.8 Å². The third-order valence-corrected chi connectivity index (χ3v) is 3.42. The predicted molar refractivity (Wildman–Crippen MR) is 60.9 cm³/mol. The van der Waals surface area contributed by atoms with Gasteiger partial charge in [-0.15, -0.1) is 0 Å². The summed E-state index contributed by atoms with van der Waals surface area (Å²) in [6.07, 6.45) is 8.09. The Bertz CT molecular complexity index is 422. The van der Waals surface area contributed by atoms with Gasteiger partial charge in [-0.1, -0.05) is 0 Å². The van der Waals surface area contributed by atoms with Crippen molar-refractivity contribution in [2.75, 3.05) is 20.2 Å². The zero-order chi connectivity index (χ0) is 11.0. The van der Waals surface area contributed by atoms with Crippen molar-refractivity contribution in [2.24, 2.45) is 5.92 Å². The van der Waals surface area contributed by atoms with Crippen LogP contribution in [0.1, 0.15) is 18.5 Å². The Labute approximate surface area is 95.0 Å². The molecule has 0 radical (unpaired) electrons. The topological polar surface area (TPSA) is 38.3 Å². The van der Waals surface area contributed by atoms with Crippen molar-refractivity contribution in [3.05, 3.63) is 24.3 Å². The highest BCUT2D eigenvalue weighted by Crippen LogP contribution is 2.38. The van der Waals surface area contributed by atoms with E-state index in [0.29, 0.717) is 11.8 Å². The van der Waals surface area contributed by atoms with Gasteiger partial charge in [-0.3, -0.25) is 0 Å². The van der Waals surface area contributed by atoms with Gasteiger partial charge in [-0.25, -0.2) is 9.97 Å². The number of rotatable bonds is 2. The van der Waals surface area contributed by atoms with Crippen molar-refractivity contribution < 1.29 is 4.74 Å². The molecular formula is C12H15N3O. The number of allylic oxidation sites excluding steroid dienone is 1. The van der Waals surface area contributed by atoms with Crippen molar-refractivity contribution in [1.29, 1.82) is 0 Å². The first-order chi connectivity index (χ1) is 7.88. The Balaban J connectivity index is 2.03. The van der Waals surface area contributed by atoms with E-state index in [-0.39, 0.29) is 0 Å². The average Bonchev–Trinajstić information content (AvgIpc) is 2.40. The summed E-state index contributed by atoms with van der Waals surface area (Å²) in [5, 5.41) is 0. The fourth-order valence-electron chi connectivity index (χ4n) is 2.57. The minimum absolute atomic E-state index is 0.635. The highest BCUT2D eigenvalue weighted by Gasteiger charge is 2.30. The lowest BCUT2D eigenvalue weighted by molar-refractivity contribution is 0.251. The molecule has 0 unspecified atom stereocenters. The lowest BCUT2D eigenvalue weighted by atomic mass is 9.84. The molecule has 0 spiro atoms. The van der Waals surface area contributed by atoms with Crippen LogP contribution >= 0.6 is 0 Å². The first kappa shape index (κ1) is 9.63. The van der Waals surface area contributed by atoms with Crippen LogP contribution in [0.15, 0.2) is 18.6 Å². The second-order valence-corrected chi connectivity index (χ2v) is 4.31. The molecule has 0 N–H and O–H groups in total. The Hall–Kier alpha value is -1.58. The maximum absolute atomic E-state index is 5.27. The largest absolute Gasteiger partial charge is 0.479 e. The van der Waals surface area contributed by atoms with E-state index in [1.807, 2.05) is 0 Å². The number of piperidine rings is 1. The molecule has 4 nitrogen and oxygen atoms in total. The lowest BCUT2D eigenvalue weighted by Crippen LogP contribution is -2.35. The maximum Gasteiger partial charge on any atom is 0.240 e. The van der Waals surface area contributed by atoms with Gasteiger partial charge in [0.1, 0.15) is 5.69 Å². The second-order valence-electron chi connectivity index (χ2n) is 4.31. The van der Waals surface area contributed by atoms with Gasteiger partial charge in [0.2, 0.25) is 5.88 Å². The summed E-state index contributed by atoms with van der Waals surface area (Å²) in [7, 11) is 1.65. The highest BCUT2D eigenvalue weighted by molar-refractivity contribution is 5.69. The van der Waals surface area contributed by atoms with E-state index in [1.54, 1.807) is 19.5 Å². The average molecular weight is 217 g/mol. The number of aromatic nitrogens is 2. The minimum Gasteiger partial charge on any atom is -0.479 e. The SMILES string of the molecule is COc1nccnc1C1=CN2CCC1CC2. The summed E-state index contributed by atoms with van der Waals surface area (Å²) < 4.78 is 5.27. The van der Waals surface area contributed by atoms with E-state index in [2.05, 4.69) is 21.1 Å². The minimum atomic E-state index is 0.635. The predicted octanol–water partition coefficient (Wildman–Crippen LogP) is 1.55. The Morgan fingerprint density at radius 1 is 1.25 bits per heavy atom. The fraction of sp³-hybridized carbons (Fsp3) is 0.500. The molecule has 0 saturated carbocycles. The molecule has 3 aliphatic heterocycles. The molecule has 0 atom stereocenters. The highest BCUT2D eigenvalue weighted by atomic mass is 16.5. The number of fused-ring (bicyclic) bond motifs is 2. The van der Waals surface area contributed by atoms with Crippen molar-refractivity contribution in [3.63, 3.8) is 0 Å². The van der Waals surface area contributed by atoms with Crippen LogP contribution in [0.25, 0.3) is 5.57 Å². The Morgan fingerprint density at radius 3 is 2.62 bits per heavy atom. The van der Waals surface area contributed by atoms with E-state index < -0.39 is 0 Å². The molecule has 84 valence electrons. The van der Waals surface area contributed by atoms with Crippen molar-refractivity contribution in [3.8, 4) is 5.88 Å². The molecule has 0 aromatic carbocycles. The number of methoxy groups -OCH3 is 1. The molecule has 16 heavy (non-hydrogen) atoms. The molecule has 4 rings (SSSR count). The monoisotopic (exact) mass is 217 g/mol. The van der Waals surface area contributed by atoms with Crippen LogP contribution in [0, 0.1) is 5.92 Å². The molecular weight excluding hydrogens is 202 g/mol. The van der Waals surface area contributed by atoms with Crippen LogP contribution < -0.4 is 4.74 Å². The summed E-state index contributed by atoms with van der Waals surface area (Å²) in [5.41, 5.74) is 2.21. The number of hydrogen-bond acceptors (Lipinski definition) is 4. The first-order valence-corrected chi connectivity index (χ1v) is 5.69. The first-order valence-electron chi connectivity index (χ1n) is 5.69. The van der Waals surface area contributed by atoms with Crippen LogP contribution in [0.3, 0.4) is 0 Å². The molecule has 1 aromatic rings. The normalized spacial score (nSPS) is 19.8. The quantitative estimate of drug-likeness (QED) is 0.753. The summed E-state index contributed by atoms with van der Waals surface area (Å²) >= 11 is 0. The zero-order valence-electron chi connectivity index (χ0n) is 9.39. The van der Waals surface area contributed by atoms with Crippen molar-refractivity contribution >= 4 is 5.57 Å². The standard InChI is InChI=1S/C12H15N3O/c1-16-12-11(13-4-5-14-12)10-8-15-6-2-9(10)3-7-15/h4-5,8-9H,2-3,6-7H2,1H3. The molecule has 4 heteroatoms. The van der Waals surface area contributed by atoms with Crippen LogP contribution in [0.2, 0.25) is 0 Å². The summed E-state index contributed by atoms with van der Waals surface area (Å²) in [6, 6.07) is 0. The van der Waals surface area contributed by atoms with Gasteiger partial charge in [0.25, 0.3) is 0 Å². The molecule has 1 saturated heterocycles. The molecule has 0 amide bonds. The second kappa shape index (κ2) is 3.77. The van der Waals surface area contributed by atoms with E-state index >= 15 is 0 Å². The summed E-state index contributed by atoms with van der Waals surface area (Å²) in [4.78, 5) is 11.0. The van der Waals surface area contributed by atoms with Crippen molar-refractivity contribution in [2.45, 2.75) is 12.8 Å². The third-order valence-electron chi connectivity index (χ3n) is 3.42. The molecule has 0 aliphatic carbocycles. The van der Waals surface area contributed by atoms with Gasteiger partial charge in [-0.2, -0.15) is 0 Å². The van der Waals surface area contributed by atoms with E-state index in [0.717, 1.165) is 5.69 Å². The van der Waals surface area contributed by atoms with E-state index in [9.17, 15) is 0 Å². The van der Waals surface area contributed by atoms with Crippen LogP contribution in [-0.2, 0) is 0 Å². The number of hydrogen-bond donors (Lipinski definition) is 0. The van der Waals surface area contributed by atoms with Crippen LogP contribution in [0.5, 0.6) is 5.88 Å². The molecule has 4 heterocycles. The van der Waals surface area contributed by atoms with Gasteiger partial charge in [0.05, 0.1) is 7.11 Å². The molecule has 3 aliphatic rings. The van der Waals surface area contributed by atoms with E-state index in [1.165, 1.54) is 31.5 Å². The van der Waals surface area contributed by atoms with E-state index in [4.69, 9.17) is 4.74 Å². The van der Waals surface area contributed by atoms with Gasteiger partial charge in [0, 0.05) is 37.3 Å². The molecule has 1 aromatic heterocycles. The third kappa shape index (κ3) is 1.45. The maximum atomic E-state index is 5.27. The Morgan fingerprint density at radius 2 is 2.00 bits per heavy atom. The lowest BCUT2D eigenvalue weighted by Gasteiger charge is -2.38. The van der Waals surface area contributed by atoms with Gasteiger partial charge in [0.15, 0.2) is 0 Å². The van der Waals surface area contributed by atoms with Crippen molar-refractivity contribution in [1.82, 2.24) is 14.9 Å². The number of nitrogens with zero attached hydrogens (tertiary/aromatic N) is 3. The van der Waals surface area contributed by atoms with Gasteiger partial charge < -0.3 is 9.64 Å². The van der Waals surface area contributed by atoms with Crippen LogP contribution in [0.4, 0.5) is 0 Å². The zero-order valence-corrected chi connectivity index (χ0v) is 9.39. The molecule has 2 bridgehead atoms.